The first kappa shape index (κ1) is 11.8. The second-order valence-corrected chi connectivity index (χ2v) is 6.39. The van der Waals surface area contributed by atoms with Crippen molar-refractivity contribution in [2.75, 3.05) is 0 Å². The summed E-state index contributed by atoms with van der Waals surface area (Å²) in [4.78, 5) is 0. The summed E-state index contributed by atoms with van der Waals surface area (Å²) in [5.41, 5.74) is 0. The van der Waals surface area contributed by atoms with Crippen LogP contribution >= 0.6 is 0 Å². The molecule has 0 spiro atoms. The summed E-state index contributed by atoms with van der Waals surface area (Å²) in [7, 11) is 0. The third-order valence-corrected chi connectivity index (χ3v) is 1.66. The minimum absolute atomic E-state index is 0.972. The van der Waals surface area contributed by atoms with Gasteiger partial charge in [0.2, 0.25) is 0 Å². The molecule has 2 rings (SSSR count). The first-order valence-corrected chi connectivity index (χ1v) is 6.29. The third kappa shape index (κ3) is 4.28. The van der Waals surface area contributed by atoms with E-state index in [1.54, 1.807) is 0 Å². The number of fused-ring (bicyclic) bond motifs is 1. The van der Waals surface area contributed by atoms with Crippen LogP contribution in [0.2, 0.25) is 3.17 Å². The van der Waals surface area contributed by atoms with Gasteiger partial charge < -0.3 is 0 Å². The Morgan fingerprint density at radius 1 is 0.786 bits per heavy atom. The van der Waals surface area contributed by atoms with E-state index in [1.165, 1.54) is 38.7 Å². The number of rotatable bonds is 0. The fourth-order valence-corrected chi connectivity index (χ4v) is 1.13. The summed E-state index contributed by atoms with van der Waals surface area (Å²) >= 11 is 1.35. The van der Waals surface area contributed by atoms with Gasteiger partial charge in [-0.15, -0.1) is 0 Å². The number of hydrogen-bond acceptors (Lipinski definition) is 0. The maximum absolute atomic E-state index is 2.23. The minimum atomic E-state index is 0.972. The van der Waals surface area contributed by atoms with Crippen molar-refractivity contribution >= 4 is 38.7 Å². The zero-order chi connectivity index (χ0) is 10.4. The Kier molecular flexibility index (Phi) is 5.24. The SMILES string of the molecule is C[CH](C)[Na].c1ccc2ccccc2c1. The van der Waals surface area contributed by atoms with Crippen LogP contribution in [0, 0.1) is 0 Å². The summed E-state index contributed by atoms with van der Waals surface area (Å²) < 4.78 is 0.972. The van der Waals surface area contributed by atoms with Crippen molar-refractivity contribution in [3.05, 3.63) is 48.5 Å². The zero-order valence-electron chi connectivity index (χ0n) is 9.20. The molecule has 0 nitrogen and oxygen atoms in total. The summed E-state index contributed by atoms with van der Waals surface area (Å²) in [5, 5.41) is 2.62. The van der Waals surface area contributed by atoms with Crippen LogP contribution in [-0.4, -0.2) is 27.9 Å². The molecule has 0 heterocycles. The van der Waals surface area contributed by atoms with Crippen molar-refractivity contribution < 1.29 is 0 Å². The van der Waals surface area contributed by atoms with Crippen molar-refractivity contribution in [1.82, 2.24) is 0 Å². The number of benzene rings is 2. The van der Waals surface area contributed by atoms with Crippen molar-refractivity contribution in [2.45, 2.75) is 17.0 Å². The molecular formula is C13H15Na. The second kappa shape index (κ2) is 6.23. The number of hydrogen-bond donors (Lipinski definition) is 0. The Labute approximate surface area is 104 Å². The van der Waals surface area contributed by atoms with Crippen LogP contribution in [0.15, 0.2) is 48.5 Å². The fraction of sp³-hybridized carbons (Fsp3) is 0.231. The monoisotopic (exact) mass is 194 g/mol. The Morgan fingerprint density at radius 3 is 1.21 bits per heavy atom. The van der Waals surface area contributed by atoms with Gasteiger partial charge in [0, 0.05) is 0 Å². The fourth-order valence-electron chi connectivity index (χ4n) is 1.13. The Balaban J connectivity index is 0.000000213. The summed E-state index contributed by atoms with van der Waals surface area (Å²) in [6, 6.07) is 16.7. The van der Waals surface area contributed by atoms with Gasteiger partial charge in [0.05, 0.1) is 0 Å². The van der Waals surface area contributed by atoms with Crippen LogP contribution in [0.3, 0.4) is 0 Å². The largest absolute Gasteiger partial charge is 0.0616 e. The van der Waals surface area contributed by atoms with Gasteiger partial charge in [-0.25, -0.2) is 0 Å². The van der Waals surface area contributed by atoms with Crippen LogP contribution < -0.4 is 0 Å². The first-order valence-electron chi connectivity index (χ1n) is 5.14. The van der Waals surface area contributed by atoms with Gasteiger partial charge in [0.15, 0.2) is 0 Å². The van der Waals surface area contributed by atoms with Crippen LogP contribution in [-0.2, 0) is 0 Å². The second-order valence-electron chi connectivity index (χ2n) is 4.08. The molecule has 1 heteroatoms. The first-order chi connectivity index (χ1) is 6.70. The maximum atomic E-state index is 2.23. The van der Waals surface area contributed by atoms with Crippen LogP contribution in [0.1, 0.15) is 13.8 Å². The molecule has 0 aliphatic carbocycles. The summed E-state index contributed by atoms with van der Waals surface area (Å²) in [5.74, 6) is 0. The van der Waals surface area contributed by atoms with E-state index < -0.39 is 0 Å². The molecule has 2 aromatic carbocycles. The molecular weight excluding hydrogens is 179 g/mol. The predicted molar refractivity (Wildman–Crippen MR) is 64.8 cm³/mol. The minimum Gasteiger partial charge on any atom is -0.0616 e. The Hall–Kier alpha value is -0.300. The molecule has 0 radical (unpaired) electrons. The average Bonchev–Trinajstić information content (AvgIpc) is 2.17. The van der Waals surface area contributed by atoms with Gasteiger partial charge in [-0.1, -0.05) is 48.5 Å². The van der Waals surface area contributed by atoms with Crippen LogP contribution in [0.4, 0.5) is 0 Å². The third-order valence-electron chi connectivity index (χ3n) is 1.66. The van der Waals surface area contributed by atoms with Crippen molar-refractivity contribution in [3.8, 4) is 0 Å². The molecule has 0 saturated carbocycles. The molecule has 0 aliphatic heterocycles. The van der Waals surface area contributed by atoms with E-state index in [-0.39, 0.29) is 0 Å². The Morgan fingerprint density at radius 2 is 1.00 bits per heavy atom. The van der Waals surface area contributed by atoms with E-state index in [2.05, 4.69) is 62.4 Å². The molecule has 14 heavy (non-hydrogen) atoms. The molecule has 0 atom stereocenters. The molecule has 2 aromatic rings. The topological polar surface area (TPSA) is 0 Å². The standard InChI is InChI=1S/C10H8.C3H7.Na/c1-2-6-10-8-4-3-7-9(10)5-1;1-3-2;/h1-8H;3H,1-2H3;. The van der Waals surface area contributed by atoms with Gasteiger partial charge in [-0.05, 0) is 10.8 Å². The zero-order valence-corrected chi connectivity index (χ0v) is 11.2. The van der Waals surface area contributed by atoms with Crippen molar-refractivity contribution in [1.29, 1.82) is 0 Å². The molecule has 68 valence electrons. The average molecular weight is 194 g/mol. The molecule has 0 N–H and O–H groups in total. The van der Waals surface area contributed by atoms with E-state index in [4.69, 9.17) is 0 Å². The molecule has 0 fully saturated rings. The Bertz CT molecular complexity index is 311. The van der Waals surface area contributed by atoms with E-state index >= 15 is 0 Å². The normalized spacial score (nSPS) is 9.79. The predicted octanol–water partition coefficient (Wildman–Crippen LogP) is 3.82. The van der Waals surface area contributed by atoms with Crippen molar-refractivity contribution in [3.63, 3.8) is 0 Å². The van der Waals surface area contributed by atoms with Gasteiger partial charge in [0.1, 0.15) is 0 Å². The molecule has 0 bridgehead atoms. The van der Waals surface area contributed by atoms with Crippen molar-refractivity contribution in [2.24, 2.45) is 0 Å². The van der Waals surface area contributed by atoms with Crippen LogP contribution in [0.5, 0.6) is 0 Å². The molecule has 0 unspecified atom stereocenters. The van der Waals surface area contributed by atoms with E-state index in [0.717, 1.165) is 3.17 Å². The quantitative estimate of drug-likeness (QED) is 0.559. The summed E-state index contributed by atoms with van der Waals surface area (Å²) in [6.45, 7) is 4.46. The van der Waals surface area contributed by atoms with Gasteiger partial charge in [-0.3, -0.25) is 0 Å². The molecule has 0 aromatic heterocycles. The molecule has 0 amide bonds. The molecule has 0 saturated heterocycles. The van der Waals surface area contributed by atoms with Gasteiger partial charge >= 0.3 is 44.9 Å². The van der Waals surface area contributed by atoms with Crippen LogP contribution in [0.25, 0.3) is 10.8 Å². The maximum Gasteiger partial charge on any atom is -0.0184 e. The van der Waals surface area contributed by atoms with Gasteiger partial charge in [0.25, 0.3) is 0 Å². The smallest absolute Gasteiger partial charge is 0.0184 e. The van der Waals surface area contributed by atoms with Gasteiger partial charge in [-0.2, -0.15) is 0 Å². The van der Waals surface area contributed by atoms with E-state index in [0.29, 0.717) is 0 Å². The summed E-state index contributed by atoms with van der Waals surface area (Å²) in [6.07, 6.45) is 0. The van der Waals surface area contributed by atoms with E-state index in [9.17, 15) is 0 Å². The van der Waals surface area contributed by atoms with E-state index in [1.807, 2.05) is 0 Å². The molecule has 0 aliphatic rings.